The van der Waals surface area contributed by atoms with E-state index < -0.39 is 0 Å². The number of para-hydroxylation sites is 2. The standard InChI is InChI=1S/C17H22N2O/c1-13(2)20-17-11-6-5-10-16(17)18-14-8-7-9-15(12-14)19(3)4/h5-13,18H,1-4H3. The van der Waals surface area contributed by atoms with Crippen molar-refractivity contribution in [3.63, 3.8) is 0 Å². The van der Waals surface area contributed by atoms with Crippen molar-refractivity contribution in [2.24, 2.45) is 0 Å². The molecule has 0 aliphatic carbocycles. The summed E-state index contributed by atoms with van der Waals surface area (Å²) in [6.07, 6.45) is 0.158. The zero-order valence-corrected chi connectivity index (χ0v) is 12.6. The first kappa shape index (κ1) is 14.3. The fraction of sp³-hybridized carbons (Fsp3) is 0.294. The number of hydrogen-bond donors (Lipinski definition) is 1. The molecule has 3 nitrogen and oxygen atoms in total. The predicted molar refractivity (Wildman–Crippen MR) is 86.3 cm³/mol. The topological polar surface area (TPSA) is 24.5 Å². The van der Waals surface area contributed by atoms with Crippen LogP contribution in [0, 0.1) is 0 Å². The summed E-state index contributed by atoms with van der Waals surface area (Å²) in [5.41, 5.74) is 3.20. The average molecular weight is 270 g/mol. The van der Waals surface area contributed by atoms with Gasteiger partial charge in [-0.05, 0) is 44.2 Å². The first-order valence-electron chi connectivity index (χ1n) is 6.86. The minimum Gasteiger partial charge on any atom is -0.489 e. The third-order valence-electron chi connectivity index (χ3n) is 2.89. The number of rotatable bonds is 5. The Morgan fingerprint density at radius 3 is 2.45 bits per heavy atom. The molecule has 106 valence electrons. The van der Waals surface area contributed by atoms with E-state index in [0.717, 1.165) is 22.8 Å². The molecule has 0 aliphatic heterocycles. The van der Waals surface area contributed by atoms with Crippen LogP contribution in [0.4, 0.5) is 17.1 Å². The molecule has 2 aromatic carbocycles. The van der Waals surface area contributed by atoms with Crippen LogP contribution in [0.1, 0.15) is 13.8 Å². The van der Waals surface area contributed by atoms with Crippen LogP contribution < -0.4 is 15.0 Å². The number of anilines is 3. The Bertz CT molecular complexity index is 564. The lowest BCUT2D eigenvalue weighted by atomic mass is 10.2. The number of hydrogen-bond acceptors (Lipinski definition) is 3. The molecule has 0 fully saturated rings. The van der Waals surface area contributed by atoms with Gasteiger partial charge in [0.15, 0.2) is 0 Å². The van der Waals surface area contributed by atoms with E-state index in [-0.39, 0.29) is 6.10 Å². The van der Waals surface area contributed by atoms with E-state index in [9.17, 15) is 0 Å². The van der Waals surface area contributed by atoms with Gasteiger partial charge in [0.25, 0.3) is 0 Å². The molecule has 20 heavy (non-hydrogen) atoms. The third-order valence-corrected chi connectivity index (χ3v) is 2.89. The minimum absolute atomic E-state index is 0.158. The molecule has 0 heterocycles. The molecule has 0 aliphatic rings. The van der Waals surface area contributed by atoms with E-state index in [4.69, 9.17) is 4.74 Å². The van der Waals surface area contributed by atoms with Crippen molar-refractivity contribution in [1.29, 1.82) is 0 Å². The maximum atomic E-state index is 5.82. The maximum Gasteiger partial charge on any atom is 0.143 e. The molecule has 0 unspecified atom stereocenters. The highest BCUT2D eigenvalue weighted by Crippen LogP contribution is 2.29. The summed E-state index contributed by atoms with van der Waals surface area (Å²) < 4.78 is 5.82. The fourth-order valence-corrected chi connectivity index (χ4v) is 1.94. The molecule has 0 aromatic heterocycles. The Hall–Kier alpha value is -2.16. The second-order valence-corrected chi connectivity index (χ2v) is 5.23. The van der Waals surface area contributed by atoms with Gasteiger partial charge in [-0.1, -0.05) is 18.2 Å². The van der Waals surface area contributed by atoms with Crippen LogP contribution in [-0.4, -0.2) is 20.2 Å². The normalized spacial score (nSPS) is 10.4. The summed E-state index contributed by atoms with van der Waals surface area (Å²) >= 11 is 0. The van der Waals surface area contributed by atoms with Gasteiger partial charge < -0.3 is 15.0 Å². The lowest BCUT2D eigenvalue weighted by Gasteiger charge is -2.17. The van der Waals surface area contributed by atoms with Gasteiger partial charge in [-0.25, -0.2) is 0 Å². The number of nitrogens with zero attached hydrogens (tertiary/aromatic N) is 1. The minimum atomic E-state index is 0.158. The summed E-state index contributed by atoms with van der Waals surface area (Å²) in [4.78, 5) is 2.09. The molecule has 2 aromatic rings. The van der Waals surface area contributed by atoms with Gasteiger partial charge in [-0.2, -0.15) is 0 Å². The summed E-state index contributed by atoms with van der Waals surface area (Å²) in [5, 5.41) is 3.42. The van der Waals surface area contributed by atoms with Crippen molar-refractivity contribution in [2.75, 3.05) is 24.3 Å². The van der Waals surface area contributed by atoms with Gasteiger partial charge in [0.1, 0.15) is 5.75 Å². The zero-order valence-electron chi connectivity index (χ0n) is 12.6. The van der Waals surface area contributed by atoms with Crippen LogP contribution in [0.2, 0.25) is 0 Å². The lowest BCUT2D eigenvalue weighted by molar-refractivity contribution is 0.244. The quantitative estimate of drug-likeness (QED) is 0.877. The largest absolute Gasteiger partial charge is 0.489 e. The summed E-state index contributed by atoms with van der Waals surface area (Å²) in [7, 11) is 4.07. The van der Waals surface area contributed by atoms with Gasteiger partial charge in [0.2, 0.25) is 0 Å². The Morgan fingerprint density at radius 2 is 1.75 bits per heavy atom. The molecule has 2 rings (SSSR count). The van der Waals surface area contributed by atoms with Crippen molar-refractivity contribution in [3.05, 3.63) is 48.5 Å². The molecular formula is C17H22N2O. The van der Waals surface area contributed by atoms with Crippen LogP contribution >= 0.6 is 0 Å². The second-order valence-electron chi connectivity index (χ2n) is 5.23. The Kier molecular flexibility index (Phi) is 4.51. The van der Waals surface area contributed by atoms with Gasteiger partial charge in [0, 0.05) is 25.5 Å². The van der Waals surface area contributed by atoms with E-state index >= 15 is 0 Å². The van der Waals surface area contributed by atoms with Crippen LogP contribution in [0.3, 0.4) is 0 Å². The Morgan fingerprint density at radius 1 is 1.00 bits per heavy atom. The van der Waals surface area contributed by atoms with Crippen molar-refractivity contribution in [3.8, 4) is 5.75 Å². The third kappa shape index (κ3) is 3.67. The molecule has 3 heteroatoms. The smallest absolute Gasteiger partial charge is 0.143 e. The van der Waals surface area contributed by atoms with Crippen LogP contribution in [0.25, 0.3) is 0 Å². The molecule has 0 atom stereocenters. The summed E-state index contributed by atoms with van der Waals surface area (Å²) in [6, 6.07) is 16.3. The van der Waals surface area contributed by atoms with Crippen molar-refractivity contribution < 1.29 is 4.74 Å². The monoisotopic (exact) mass is 270 g/mol. The lowest BCUT2D eigenvalue weighted by Crippen LogP contribution is -2.09. The number of benzene rings is 2. The summed E-state index contributed by atoms with van der Waals surface area (Å²) in [6.45, 7) is 4.06. The van der Waals surface area contributed by atoms with E-state index in [1.54, 1.807) is 0 Å². The molecule has 0 amide bonds. The second kappa shape index (κ2) is 6.33. The average Bonchev–Trinajstić information content (AvgIpc) is 2.41. The fourth-order valence-electron chi connectivity index (χ4n) is 1.94. The Labute approximate surface area is 121 Å². The van der Waals surface area contributed by atoms with E-state index in [0.29, 0.717) is 0 Å². The Balaban J connectivity index is 2.23. The predicted octanol–water partition coefficient (Wildman–Crippen LogP) is 4.28. The van der Waals surface area contributed by atoms with Crippen molar-refractivity contribution >= 4 is 17.1 Å². The molecular weight excluding hydrogens is 248 g/mol. The highest BCUT2D eigenvalue weighted by Gasteiger charge is 2.05. The highest BCUT2D eigenvalue weighted by atomic mass is 16.5. The molecule has 0 saturated heterocycles. The van der Waals surface area contributed by atoms with Gasteiger partial charge in [-0.3, -0.25) is 0 Å². The van der Waals surface area contributed by atoms with E-state index in [1.165, 1.54) is 0 Å². The maximum absolute atomic E-state index is 5.82. The molecule has 0 bridgehead atoms. The zero-order chi connectivity index (χ0) is 14.5. The summed E-state index contributed by atoms with van der Waals surface area (Å²) in [5.74, 6) is 0.873. The van der Waals surface area contributed by atoms with Crippen molar-refractivity contribution in [1.82, 2.24) is 0 Å². The molecule has 1 N–H and O–H groups in total. The van der Waals surface area contributed by atoms with E-state index in [2.05, 4.69) is 28.4 Å². The first-order valence-corrected chi connectivity index (χ1v) is 6.86. The van der Waals surface area contributed by atoms with Gasteiger partial charge >= 0.3 is 0 Å². The van der Waals surface area contributed by atoms with Gasteiger partial charge in [0.05, 0.1) is 11.8 Å². The van der Waals surface area contributed by atoms with Crippen molar-refractivity contribution in [2.45, 2.75) is 20.0 Å². The van der Waals surface area contributed by atoms with Crippen LogP contribution in [0.5, 0.6) is 5.75 Å². The molecule has 0 radical (unpaired) electrons. The van der Waals surface area contributed by atoms with Gasteiger partial charge in [-0.15, -0.1) is 0 Å². The highest BCUT2D eigenvalue weighted by molar-refractivity contribution is 5.69. The molecule has 0 spiro atoms. The molecule has 0 saturated carbocycles. The number of nitrogens with one attached hydrogen (secondary N) is 1. The number of ether oxygens (including phenoxy) is 1. The van der Waals surface area contributed by atoms with Crippen LogP contribution in [-0.2, 0) is 0 Å². The van der Waals surface area contributed by atoms with Crippen LogP contribution in [0.15, 0.2) is 48.5 Å². The van der Waals surface area contributed by atoms with E-state index in [1.807, 2.05) is 58.3 Å². The SMILES string of the molecule is CC(C)Oc1ccccc1Nc1cccc(N(C)C)c1. The first-order chi connectivity index (χ1) is 9.56.